The monoisotopic (exact) mass is 384 g/mol. The summed E-state index contributed by atoms with van der Waals surface area (Å²) in [5.74, 6) is -1.63. The smallest absolute Gasteiger partial charge is 0.338 e. The Labute approximate surface area is 159 Å². The van der Waals surface area contributed by atoms with Gasteiger partial charge in [0.15, 0.2) is 5.17 Å². The van der Waals surface area contributed by atoms with Gasteiger partial charge >= 0.3 is 5.97 Å². The molecule has 0 aromatic heterocycles. The van der Waals surface area contributed by atoms with E-state index in [1.165, 1.54) is 23.1 Å². The first kappa shape index (κ1) is 18.5. The van der Waals surface area contributed by atoms with Crippen LogP contribution in [0.4, 0.5) is 5.69 Å². The molecule has 2 aromatic rings. The van der Waals surface area contributed by atoms with Crippen LogP contribution in [0.2, 0.25) is 0 Å². The number of amidine groups is 1. The molecule has 138 valence electrons. The second-order valence-electron chi connectivity index (χ2n) is 5.62. The molecule has 0 bridgehead atoms. The lowest BCUT2D eigenvalue weighted by atomic mass is 10.2. The molecule has 0 spiro atoms. The SMILES string of the molecule is CCN1C(=O)/C(=C/c2ccccc2O)SC1=Nc1ccc(O)cc1C(=O)O. The lowest BCUT2D eigenvalue weighted by Crippen LogP contribution is -2.28. The van der Waals surface area contributed by atoms with Crippen LogP contribution in [-0.2, 0) is 4.79 Å². The van der Waals surface area contributed by atoms with Gasteiger partial charge in [0, 0.05) is 12.1 Å². The van der Waals surface area contributed by atoms with Gasteiger partial charge in [-0.25, -0.2) is 9.79 Å². The Hall–Kier alpha value is -3.26. The van der Waals surface area contributed by atoms with E-state index < -0.39 is 5.97 Å². The number of aromatic carboxylic acids is 1. The number of para-hydroxylation sites is 1. The van der Waals surface area contributed by atoms with Gasteiger partial charge in [0.2, 0.25) is 0 Å². The highest BCUT2D eigenvalue weighted by Gasteiger charge is 2.32. The molecule has 27 heavy (non-hydrogen) atoms. The summed E-state index contributed by atoms with van der Waals surface area (Å²) >= 11 is 1.10. The summed E-state index contributed by atoms with van der Waals surface area (Å²) < 4.78 is 0. The molecule has 1 heterocycles. The number of aromatic hydroxyl groups is 2. The van der Waals surface area contributed by atoms with Gasteiger partial charge in [-0.05, 0) is 49.0 Å². The van der Waals surface area contributed by atoms with Crippen molar-refractivity contribution in [3.63, 3.8) is 0 Å². The molecule has 0 unspecified atom stereocenters. The van der Waals surface area contributed by atoms with Crippen LogP contribution in [0.1, 0.15) is 22.8 Å². The number of phenolic OH excluding ortho intramolecular Hbond substituents is 2. The van der Waals surface area contributed by atoms with Gasteiger partial charge in [-0.3, -0.25) is 9.69 Å². The maximum absolute atomic E-state index is 12.6. The van der Waals surface area contributed by atoms with Crippen molar-refractivity contribution in [1.29, 1.82) is 0 Å². The Morgan fingerprint density at radius 2 is 1.96 bits per heavy atom. The molecule has 1 amide bonds. The number of benzene rings is 2. The highest BCUT2D eigenvalue weighted by molar-refractivity contribution is 8.18. The zero-order valence-electron chi connectivity index (χ0n) is 14.3. The number of amides is 1. The number of nitrogens with zero attached hydrogens (tertiary/aromatic N) is 2. The fraction of sp³-hybridized carbons (Fsp3) is 0.105. The van der Waals surface area contributed by atoms with Crippen LogP contribution in [0.3, 0.4) is 0 Å². The third-order valence-corrected chi connectivity index (χ3v) is 4.86. The minimum Gasteiger partial charge on any atom is -0.508 e. The third kappa shape index (κ3) is 3.80. The average molecular weight is 384 g/mol. The summed E-state index contributed by atoms with van der Waals surface area (Å²) in [5.41, 5.74) is 0.476. The summed E-state index contributed by atoms with van der Waals surface area (Å²) in [5, 5.41) is 29.1. The van der Waals surface area contributed by atoms with Crippen LogP contribution in [0.15, 0.2) is 52.4 Å². The average Bonchev–Trinajstić information content (AvgIpc) is 2.93. The minimum atomic E-state index is -1.23. The van der Waals surface area contributed by atoms with Crippen LogP contribution in [0, 0.1) is 0 Å². The number of aliphatic imine (C=N–C) groups is 1. The molecule has 7 nitrogen and oxygen atoms in total. The standard InChI is InChI=1S/C19H16N2O5S/c1-2-21-17(24)16(9-11-5-3-4-6-15(11)23)27-19(21)20-14-8-7-12(22)10-13(14)18(25)26/h3-10,22-23H,2H2,1H3,(H,25,26)/b16-9-,20-19?. The first-order valence-corrected chi connectivity index (χ1v) is 8.86. The predicted octanol–water partition coefficient (Wildman–Crippen LogP) is 3.42. The van der Waals surface area contributed by atoms with Gasteiger partial charge in [0.05, 0.1) is 16.2 Å². The number of likely N-dealkylation sites (N-methyl/N-ethyl adjacent to an activating group) is 1. The fourth-order valence-corrected chi connectivity index (χ4v) is 3.56. The van der Waals surface area contributed by atoms with Crippen molar-refractivity contribution in [3.05, 3.63) is 58.5 Å². The quantitative estimate of drug-likeness (QED) is 0.697. The van der Waals surface area contributed by atoms with E-state index in [1.54, 1.807) is 31.2 Å². The van der Waals surface area contributed by atoms with Crippen molar-refractivity contribution in [1.82, 2.24) is 4.90 Å². The van der Waals surface area contributed by atoms with Crippen LogP contribution in [0.25, 0.3) is 6.08 Å². The zero-order chi connectivity index (χ0) is 19.6. The Morgan fingerprint density at radius 1 is 1.22 bits per heavy atom. The van der Waals surface area contributed by atoms with Crippen molar-refractivity contribution in [2.45, 2.75) is 6.92 Å². The topological polar surface area (TPSA) is 110 Å². The van der Waals surface area contributed by atoms with Gasteiger partial charge in [0.25, 0.3) is 5.91 Å². The van der Waals surface area contributed by atoms with Gasteiger partial charge < -0.3 is 15.3 Å². The maximum atomic E-state index is 12.6. The lowest BCUT2D eigenvalue weighted by molar-refractivity contribution is -0.122. The van der Waals surface area contributed by atoms with Crippen molar-refractivity contribution in [2.24, 2.45) is 4.99 Å². The number of carboxylic acid groups (broad SMARTS) is 1. The third-order valence-electron chi connectivity index (χ3n) is 3.85. The van der Waals surface area contributed by atoms with Gasteiger partial charge in [0.1, 0.15) is 11.5 Å². The van der Waals surface area contributed by atoms with Crippen LogP contribution in [-0.4, -0.2) is 43.8 Å². The van der Waals surface area contributed by atoms with E-state index in [1.807, 2.05) is 0 Å². The van der Waals surface area contributed by atoms with Crippen LogP contribution < -0.4 is 0 Å². The summed E-state index contributed by atoms with van der Waals surface area (Å²) in [6.07, 6.45) is 1.57. The number of carbonyl (C=O) groups is 2. The molecule has 1 aliphatic rings. The van der Waals surface area contributed by atoms with E-state index in [0.717, 1.165) is 17.8 Å². The highest BCUT2D eigenvalue weighted by Crippen LogP contribution is 2.36. The van der Waals surface area contributed by atoms with Crippen LogP contribution >= 0.6 is 11.8 Å². The van der Waals surface area contributed by atoms with Crippen molar-refractivity contribution in [3.8, 4) is 11.5 Å². The number of hydrogen-bond acceptors (Lipinski definition) is 6. The molecular weight excluding hydrogens is 368 g/mol. The highest BCUT2D eigenvalue weighted by atomic mass is 32.2. The number of carboxylic acids is 1. The zero-order valence-corrected chi connectivity index (χ0v) is 15.1. The fourth-order valence-electron chi connectivity index (χ4n) is 2.52. The maximum Gasteiger partial charge on any atom is 0.338 e. The molecule has 1 fully saturated rings. The second kappa shape index (κ2) is 7.55. The van der Waals surface area contributed by atoms with Crippen LogP contribution in [0.5, 0.6) is 11.5 Å². The molecule has 1 saturated heterocycles. The molecule has 0 atom stereocenters. The molecule has 0 radical (unpaired) electrons. The summed E-state index contributed by atoms with van der Waals surface area (Å²) in [7, 11) is 0. The Bertz CT molecular complexity index is 984. The normalized spacial score (nSPS) is 17.1. The molecule has 0 aliphatic carbocycles. The molecular formula is C19H16N2O5S. The Balaban J connectivity index is 2.02. The largest absolute Gasteiger partial charge is 0.508 e. The van der Waals surface area contributed by atoms with Crippen molar-refractivity contribution >= 4 is 40.6 Å². The molecule has 0 saturated carbocycles. The van der Waals surface area contributed by atoms with Crippen molar-refractivity contribution in [2.75, 3.05) is 6.54 Å². The number of rotatable bonds is 4. The number of carbonyl (C=O) groups excluding carboxylic acids is 1. The first-order valence-electron chi connectivity index (χ1n) is 8.05. The van der Waals surface area contributed by atoms with Gasteiger partial charge in [-0.2, -0.15) is 0 Å². The van der Waals surface area contributed by atoms with E-state index in [-0.39, 0.29) is 28.7 Å². The summed E-state index contributed by atoms with van der Waals surface area (Å²) in [4.78, 5) is 30.2. The number of thioether (sulfide) groups is 1. The summed E-state index contributed by atoms with van der Waals surface area (Å²) in [6.45, 7) is 2.13. The van der Waals surface area contributed by atoms with E-state index in [2.05, 4.69) is 4.99 Å². The van der Waals surface area contributed by atoms with E-state index >= 15 is 0 Å². The van der Waals surface area contributed by atoms with E-state index in [4.69, 9.17) is 0 Å². The van der Waals surface area contributed by atoms with Gasteiger partial charge in [-0.15, -0.1) is 0 Å². The number of hydrogen-bond donors (Lipinski definition) is 3. The number of phenols is 2. The molecule has 1 aliphatic heterocycles. The first-order chi connectivity index (χ1) is 12.9. The lowest BCUT2D eigenvalue weighted by Gasteiger charge is -2.12. The molecule has 8 heteroatoms. The summed E-state index contributed by atoms with van der Waals surface area (Å²) in [6, 6.07) is 10.5. The van der Waals surface area contributed by atoms with E-state index in [0.29, 0.717) is 22.2 Å². The molecule has 3 rings (SSSR count). The second-order valence-corrected chi connectivity index (χ2v) is 6.63. The predicted molar refractivity (Wildman–Crippen MR) is 103 cm³/mol. The Morgan fingerprint density at radius 3 is 2.63 bits per heavy atom. The Kier molecular flexibility index (Phi) is 5.18. The molecule has 3 N–H and O–H groups in total. The van der Waals surface area contributed by atoms with Crippen molar-refractivity contribution < 1.29 is 24.9 Å². The van der Waals surface area contributed by atoms with Gasteiger partial charge in [-0.1, -0.05) is 18.2 Å². The minimum absolute atomic E-state index is 0.0542. The molecule has 2 aromatic carbocycles. The van der Waals surface area contributed by atoms with E-state index in [9.17, 15) is 24.9 Å².